The molecule has 0 spiro atoms. The van der Waals surface area contributed by atoms with Gasteiger partial charge in [0, 0.05) is 20.9 Å². The van der Waals surface area contributed by atoms with E-state index in [1.165, 1.54) is 0 Å². The van der Waals surface area contributed by atoms with E-state index >= 15 is 0 Å². The summed E-state index contributed by atoms with van der Waals surface area (Å²) in [5, 5.41) is 2.91. The molecule has 3 nitrogen and oxygen atoms in total. The predicted octanol–water partition coefficient (Wildman–Crippen LogP) is 5.17. The largest absolute Gasteiger partial charge is 0.462 e. The minimum absolute atomic E-state index is 0.110. The number of carbonyl (C=O) groups excluding carboxylic acids is 1. The van der Waals surface area contributed by atoms with Gasteiger partial charge in [0.1, 0.15) is 11.5 Å². The number of amides is 1. The average molecular weight is 411 g/mol. The molecule has 5 heteroatoms. The Kier molecular flexibility index (Phi) is 3.80. The number of fused-ring (bicyclic) bond motifs is 1. The van der Waals surface area contributed by atoms with Gasteiger partial charge in [-0.1, -0.05) is 22.9 Å². The first-order valence-corrected chi connectivity index (χ1v) is 8.20. The maximum absolute atomic E-state index is 12.3. The van der Waals surface area contributed by atoms with E-state index in [1.807, 2.05) is 32.0 Å². The first kappa shape index (κ1) is 14.6. The summed E-state index contributed by atoms with van der Waals surface area (Å²) in [6.45, 7) is 4.02. The zero-order valence-electron chi connectivity index (χ0n) is 11.6. The lowest BCUT2D eigenvalue weighted by atomic mass is 10.0. The van der Waals surface area contributed by atoms with Crippen molar-refractivity contribution >= 4 is 55.1 Å². The molecule has 2 heterocycles. The van der Waals surface area contributed by atoms with Crippen molar-refractivity contribution in [2.75, 3.05) is 5.32 Å². The Morgan fingerprint density at radius 1 is 1.29 bits per heavy atom. The summed E-state index contributed by atoms with van der Waals surface area (Å²) in [6.07, 6.45) is 2.63. The second-order valence-electron chi connectivity index (χ2n) is 4.88. The van der Waals surface area contributed by atoms with E-state index in [-0.39, 0.29) is 5.91 Å². The van der Waals surface area contributed by atoms with Gasteiger partial charge in [0.25, 0.3) is 5.91 Å². The third-order valence-corrected chi connectivity index (χ3v) is 4.99. The number of halogens is 2. The zero-order chi connectivity index (χ0) is 15.1. The first-order valence-electron chi connectivity index (χ1n) is 6.62. The molecule has 0 unspecified atom stereocenters. The van der Waals surface area contributed by atoms with Gasteiger partial charge < -0.3 is 9.73 Å². The van der Waals surface area contributed by atoms with Crippen LogP contribution in [0.4, 0.5) is 5.69 Å². The molecule has 0 saturated carbocycles. The Balaban J connectivity index is 2.16. The van der Waals surface area contributed by atoms with Crippen molar-refractivity contribution in [1.82, 2.24) is 0 Å². The Labute approximate surface area is 139 Å². The first-order chi connectivity index (χ1) is 10.0. The molecule has 1 N–H and O–H groups in total. The second-order valence-corrected chi connectivity index (χ2v) is 6.59. The zero-order valence-corrected chi connectivity index (χ0v) is 14.8. The molecule has 1 aromatic carbocycles. The van der Waals surface area contributed by atoms with E-state index in [9.17, 15) is 4.79 Å². The molecule has 21 heavy (non-hydrogen) atoms. The van der Waals surface area contributed by atoms with Crippen molar-refractivity contribution in [3.05, 3.63) is 49.8 Å². The fraction of sp³-hybridized carbons (Fsp3) is 0.188. The number of furan rings is 1. The molecule has 0 fully saturated rings. The second kappa shape index (κ2) is 5.46. The number of aryl methyl sites for hydroxylation is 1. The van der Waals surface area contributed by atoms with Gasteiger partial charge in [0.2, 0.25) is 0 Å². The van der Waals surface area contributed by atoms with Gasteiger partial charge in [-0.2, -0.15) is 0 Å². The lowest BCUT2D eigenvalue weighted by Gasteiger charge is -2.08. The van der Waals surface area contributed by atoms with Crippen molar-refractivity contribution in [1.29, 1.82) is 0 Å². The van der Waals surface area contributed by atoms with Crippen LogP contribution in [0, 0.1) is 6.92 Å². The summed E-state index contributed by atoms with van der Waals surface area (Å²) in [5.74, 6) is 1.49. The van der Waals surface area contributed by atoms with Gasteiger partial charge in [-0.25, -0.2) is 0 Å². The van der Waals surface area contributed by atoms with Crippen LogP contribution in [-0.4, -0.2) is 5.91 Å². The van der Waals surface area contributed by atoms with Crippen molar-refractivity contribution in [3.63, 3.8) is 0 Å². The number of benzene rings is 1. The van der Waals surface area contributed by atoms with Crippen molar-refractivity contribution in [2.24, 2.45) is 0 Å². The topological polar surface area (TPSA) is 42.2 Å². The molecule has 108 valence electrons. The summed E-state index contributed by atoms with van der Waals surface area (Å²) >= 11 is 7.02. The molecule has 3 rings (SSSR count). The van der Waals surface area contributed by atoms with E-state index in [2.05, 4.69) is 37.2 Å². The standard InChI is InChI=1S/C16H13Br2NO2/c1-3-9-4-5-10(21-9)6-11-14-8(2)12(17)7-13(18)15(14)19-16(11)20/h4-7H,3H2,1-2H3,(H,19,20). The summed E-state index contributed by atoms with van der Waals surface area (Å²) in [6, 6.07) is 5.77. The van der Waals surface area contributed by atoms with Crippen LogP contribution in [0.5, 0.6) is 0 Å². The Morgan fingerprint density at radius 3 is 2.71 bits per heavy atom. The summed E-state index contributed by atoms with van der Waals surface area (Å²) < 4.78 is 7.50. The summed E-state index contributed by atoms with van der Waals surface area (Å²) in [4.78, 5) is 12.3. The molecule has 1 aliphatic heterocycles. The monoisotopic (exact) mass is 409 g/mol. The molecule has 0 saturated heterocycles. The lowest BCUT2D eigenvalue weighted by molar-refractivity contribution is -0.110. The Bertz CT molecular complexity index is 775. The number of hydrogen-bond donors (Lipinski definition) is 1. The fourth-order valence-corrected chi connectivity index (χ4v) is 3.67. The van der Waals surface area contributed by atoms with Crippen LogP contribution in [0.3, 0.4) is 0 Å². The van der Waals surface area contributed by atoms with Gasteiger partial charge in [-0.3, -0.25) is 4.79 Å². The summed E-state index contributed by atoms with van der Waals surface area (Å²) in [5.41, 5.74) is 3.38. The van der Waals surface area contributed by atoms with E-state index < -0.39 is 0 Å². The predicted molar refractivity (Wildman–Crippen MR) is 91.2 cm³/mol. The lowest BCUT2D eigenvalue weighted by Crippen LogP contribution is -2.03. The van der Waals surface area contributed by atoms with Crippen LogP contribution in [-0.2, 0) is 11.2 Å². The minimum atomic E-state index is -0.110. The van der Waals surface area contributed by atoms with Crippen LogP contribution in [0.2, 0.25) is 0 Å². The van der Waals surface area contributed by atoms with Gasteiger partial charge in [0.05, 0.1) is 11.3 Å². The fourth-order valence-electron chi connectivity index (χ4n) is 2.41. The maximum Gasteiger partial charge on any atom is 0.256 e. The summed E-state index contributed by atoms with van der Waals surface area (Å²) in [7, 11) is 0. The molecule has 0 aliphatic carbocycles. The molecule has 1 amide bonds. The Morgan fingerprint density at radius 2 is 2.05 bits per heavy atom. The van der Waals surface area contributed by atoms with E-state index in [1.54, 1.807) is 6.08 Å². The number of nitrogens with one attached hydrogen (secondary N) is 1. The third kappa shape index (κ3) is 2.49. The third-order valence-electron chi connectivity index (χ3n) is 3.55. The quantitative estimate of drug-likeness (QED) is 0.694. The van der Waals surface area contributed by atoms with Crippen LogP contribution in [0.15, 0.2) is 31.6 Å². The van der Waals surface area contributed by atoms with Gasteiger partial charge in [0.15, 0.2) is 0 Å². The molecule has 0 bridgehead atoms. The molecule has 2 aromatic rings. The number of rotatable bonds is 2. The normalized spacial score (nSPS) is 15.4. The molecular weight excluding hydrogens is 398 g/mol. The van der Waals surface area contributed by atoms with Gasteiger partial charge in [-0.15, -0.1) is 0 Å². The van der Waals surface area contributed by atoms with Crippen LogP contribution < -0.4 is 5.32 Å². The highest BCUT2D eigenvalue weighted by Gasteiger charge is 2.29. The van der Waals surface area contributed by atoms with Crippen LogP contribution >= 0.6 is 31.9 Å². The average Bonchev–Trinajstić information content (AvgIpc) is 3.03. The molecular formula is C16H13Br2NO2. The highest BCUT2D eigenvalue weighted by molar-refractivity contribution is 9.11. The van der Waals surface area contributed by atoms with Crippen molar-refractivity contribution in [3.8, 4) is 0 Å². The van der Waals surface area contributed by atoms with Gasteiger partial charge >= 0.3 is 0 Å². The smallest absolute Gasteiger partial charge is 0.256 e. The van der Waals surface area contributed by atoms with Crippen molar-refractivity contribution < 1.29 is 9.21 Å². The van der Waals surface area contributed by atoms with E-state index in [4.69, 9.17) is 4.42 Å². The molecule has 1 aromatic heterocycles. The number of carbonyl (C=O) groups is 1. The van der Waals surface area contributed by atoms with Gasteiger partial charge in [-0.05, 0) is 52.7 Å². The van der Waals surface area contributed by atoms with E-state index in [0.717, 1.165) is 37.9 Å². The molecule has 0 radical (unpaired) electrons. The maximum atomic E-state index is 12.3. The highest BCUT2D eigenvalue weighted by atomic mass is 79.9. The van der Waals surface area contributed by atoms with E-state index in [0.29, 0.717) is 11.3 Å². The molecule has 0 atom stereocenters. The van der Waals surface area contributed by atoms with Crippen molar-refractivity contribution in [2.45, 2.75) is 20.3 Å². The minimum Gasteiger partial charge on any atom is -0.462 e. The SMILES string of the molecule is CCc1ccc(C=C2C(=O)Nc3c(Br)cc(Br)c(C)c32)o1. The highest BCUT2D eigenvalue weighted by Crippen LogP contribution is 2.43. The Hall–Kier alpha value is -1.33. The molecule has 1 aliphatic rings. The van der Waals surface area contributed by atoms with Crippen LogP contribution in [0.1, 0.15) is 29.6 Å². The number of hydrogen-bond acceptors (Lipinski definition) is 2. The van der Waals surface area contributed by atoms with Crippen LogP contribution in [0.25, 0.3) is 11.6 Å². The number of anilines is 1.